The van der Waals surface area contributed by atoms with Crippen LogP contribution in [0.1, 0.15) is 5.56 Å². The fourth-order valence-electron chi connectivity index (χ4n) is 3.59. The van der Waals surface area contributed by atoms with Crippen molar-refractivity contribution in [2.45, 2.75) is 6.54 Å². The first-order valence-electron chi connectivity index (χ1n) is 10.5. The Morgan fingerprint density at radius 3 is 2.45 bits per heavy atom. The predicted octanol–water partition coefficient (Wildman–Crippen LogP) is 5.27. The van der Waals surface area contributed by atoms with E-state index in [1.54, 1.807) is 25.3 Å². The van der Waals surface area contributed by atoms with Crippen molar-refractivity contribution in [3.8, 4) is 17.6 Å². The molecule has 4 aromatic rings. The average molecular weight is 437 g/mol. The number of nitriles is 1. The van der Waals surface area contributed by atoms with Crippen molar-refractivity contribution < 1.29 is 14.3 Å². The van der Waals surface area contributed by atoms with Crippen LogP contribution in [0.2, 0.25) is 0 Å². The number of nitrogens with one attached hydrogen (secondary N) is 1. The Balaban J connectivity index is 1.56. The van der Waals surface area contributed by atoms with Crippen LogP contribution in [-0.2, 0) is 11.3 Å². The summed E-state index contributed by atoms with van der Waals surface area (Å²) in [6.45, 7) is 1.02. The molecule has 0 radical (unpaired) electrons. The Kier molecular flexibility index (Phi) is 6.72. The van der Waals surface area contributed by atoms with E-state index in [0.29, 0.717) is 30.3 Å². The van der Waals surface area contributed by atoms with E-state index in [1.807, 2.05) is 79.0 Å². The molecule has 1 N–H and O–H groups in total. The molecule has 164 valence electrons. The number of ether oxygens (including phenoxy) is 2. The van der Waals surface area contributed by atoms with Crippen molar-refractivity contribution in [3.05, 3.63) is 96.2 Å². The van der Waals surface area contributed by atoms with E-state index >= 15 is 0 Å². The molecule has 0 atom stereocenters. The standard InChI is InChI=1S/C27H23N3O3/c1-32-25-13-7-8-14-26(25)33-16-15-30-19-21(23-11-5-6-12-24(23)30)17-20(18-28)27(31)29-22-9-3-2-4-10-22/h2-14,17,19H,15-16H2,1H3,(H,29,31). The summed E-state index contributed by atoms with van der Waals surface area (Å²) in [6.07, 6.45) is 3.56. The fraction of sp³-hybridized carbons (Fsp3) is 0.111. The molecule has 6 heteroatoms. The molecule has 0 unspecified atom stereocenters. The summed E-state index contributed by atoms with van der Waals surface area (Å²) in [5, 5.41) is 13.3. The Morgan fingerprint density at radius 2 is 1.70 bits per heavy atom. The minimum atomic E-state index is -0.444. The van der Waals surface area contributed by atoms with Crippen molar-refractivity contribution in [3.63, 3.8) is 0 Å². The Hall–Kier alpha value is -4.50. The number of fused-ring (bicyclic) bond motifs is 1. The van der Waals surface area contributed by atoms with Gasteiger partial charge in [-0.3, -0.25) is 4.79 Å². The Labute approximate surface area is 192 Å². The van der Waals surface area contributed by atoms with Crippen LogP contribution in [0.25, 0.3) is 17.0 Å². The zero-order chi connectivity index (χ0) is 23.0. The highest BCUT2D eigenvalue weighted by atomic mass is 16.5. The second kappa shape index (κ2) is 10.2. The van der Waals surface area contributed by atoms with Crippen LogP contribution in [-0.4, -0.2) is 24.2 Å². The molecular weight excluding hydrogens is 414 g/mol. The van der Waals surface area contributed by atoms with Gasteiger partial charge in [-0.05, 0) is 36.4 Å². The van der Waals surface area contributed by atoms with Gasteiger partial charge in [-0.1, -0.05) is 48.5 Å². The van der Waals surface area contributed by atoms with Gasteiger partial charge in [-0.2, -0.15) is 5.26 Å². The number of rotatable bonds is 8. The zero-order valence-electron chi connectivity index (χ0n) is 18.2. The van der Waals surface area contributed by atoms with Crippen LogP contribution in [0, 0.1) is 11.3 Å². The lowest BCUT2D eigenvalue weighted by Gasteiger charge is -2.11. The van der Waals surface area contributed by atoms with E-state index < -0.39 is 5.91 Å². The number of para-hydroxylation sites is 4. The monoisotopic (exact) mass is 437 g/mol. The number of amides is 1. The van der Waals surface area contributed by atoms with E-state index in [4.69, 9.17) is 9.47 Å². The van der Waals surface area contributed by atoms with Gasteiger partial charge in [0.1, 0.15) is 18.2 Å². The topological polar surface area (TPSA) is 76.3 Å². The minimum absolute atomic E-state index is 0.0343. The maximum atomic E-state index is 12.6. The van der Waals surface area contributed by atoms with Crippen LogP contribution < -0.4 is 14.8 Å². The van der Waals surface area contributed by atoms with Crippen molar-refractivity contribution in [2.24, 2.45) is 0 Å². The van der Waals surface area contributed by atoms with Crippen molar-refractivity contribution in [2.75, 3.05) is 19.0 Å². The van der Waals surface area contributed by atoms with Crippen LogP contribution >= 0.6 is 0 Å². The molecule has 0 aliphatic carbocycles. The fourth-order valence-corrected chi connectivity index (χ4v) is 3.59. The number of carbonyl (C=O) groups is 1. The largest absolute Gasteiger partial charge is 0.493 e. The van der Waals surface area contributed by atoms with Crippen LogP contribution in [0.4, 0.5) is 5.69 Å². The molecule has 1 heterocycles. The molecule has 0 saturated carbocycles. The minimum Gasteiger partial charge on any atom is -0.493 e. The SMILES string of the molecule is COc1ccccc1OCCn1cc(C=C(C#N)C(=O)Nc2ccccc2)c2ccccc21. The highest BCUT2D eigenvalue weighted by molar-refractivity contribution is 6.10. The highest BCUT2D eigenvalue weighted by Gasteiger charge is 2.13. The summed E-state index contributed by atoms with van der Waals surface area (Å²) >= 11 is 0. The molecule has 0 fully saturated rings. The molecule has 0 spiro atoms. The third kappa shape index (κ3) is 5.05. The molecule has 0 aliphatic heterocycles. The Bertz CT molecular complexity index is 1330. The number of aromatic nitrogens is 1. The third-order valence-corrected chi connectivity index (χ3v) is 5.17. The summed E-state index contributed by atoms with van der Waals surface area (Å²) in [6, 6.07) is 26.5. The Morgan fingerprint density at radius 1 is 1.00 bits per heavy atom. The number of carbonyl (C=O) groups excluding carboxylic acids is 1. The molecule has 0 aliphatic rings. The van der Waals surface area contributed by atoms with Gasteiger partial charge in [-0.25, -0.2) is 0 Å². The molecule has 0 saturated heterocycles. The van der Waals surface area contributed by atoms with E-state index in [2.05, 4.69) is 9.88 Å². The molecule has 1 aromatic heterocycles. The molecule has 4 rings (SSSR count). The lowest BCUT2D eigenvalue weighted by atomic mass is 10.1. The maximum absolute atomic E-state index is 12.6. The zero-order valence-corrected chi connectivity index (χ0v) is 18.2. The van der Waals surface area contributed by atoms with E-state index in [-0.39, 0.29) is 5.57 Å². The van der Waals surface area contributed by atoms with Crippen LogP contribution in [0.5, 0.6) is 11.5 Å². The number of anilines is 1. The average Bonchev–Trinajstić information content (AvgIpc) is 3.20. The van der Waals surface area contributed by atoms with Gasteiger partial charge in [-0.15, -0.1) is 0 Å². The van der Waals surface area contributed by atoms with E-state index in [0.717, 1.165) is 16.5 Å². The summed E-state index contributed by atoms with van der Waals surface area (Å²) in [4.78, 5) is 12.6. The molecule has 3 aromatic carbocycles. The smallest absolute Gasteiger partial charge is 0.266 e. The van der Waals surface area contributed by atoms with E-state index in [9.17, 15) is 10.1 Å². The highest BCUT2D eigenvalue weighted by Crippen LogP contribution is 2.27. The van der Waals surface area contributed by atoms with Crippen molar-refractivity contribution >= 4 is 28.6 Å². The third-order valence-electron chi connectivity index (χ3n) is 5.17. The molecule has 0 bridgehead atoms. The van der Waals surface area contributed by atoms with Crippen molar-refractivity contribution in [1.29, 1.82) is 5.26 Å². The number of hydrogen-bond acceptors (Lipinski definition) is 4. The first-order valence-corrected chi connectivity index (χ1v) is 10.5. The number of benzene rings is 3. The van der Waals surface area contributed by atoms with Gasteiger partial charge < -0.3 is 19.4 Å². The summed E-state index contributed by atoms with van der Waals surface area (Å²) < 4.78 is 13.3. The quantitative estimate of drug-likeness (QED) is 0.301. The lowest BCUT2D eigenvalue weighted by molar-refractivity contribution is -0.112. The second-order valence-corrected chi connectivity index (χ2v) is 7.28. The maximum Gasteiger partial charge on any atom is 0.266 e. The molecule has 33 heavy (non-hydrogen) atoms. The van der Waals surface area contributed by atoms with Gasteiger partial charge in [0.05, 0.1) is 13.7 Å². The molecule has 6 nitrogen and oxygen atoms in total. The predicted molar refractivity (Wildman–Crippen MR) is 129 cm³/mol. The summed E-state index contributed by atoms with van der Waals surface area (Å²) in [7, 11) is 1.61. The van der Waals surface area contributed by atoms with Crippen molar-refractivity contribution in [1.82, 2.24) is 4.57 Å². The van der Waals surface area contributed by atoms with Gasteiger partial charge in [0.25, 0.3) is 5.91 Å². The van der Waals surface area contributed by atoms with Gasteiger partial charge in [0.15, 0.2) is 11.5 Å². The number of nitrogens with zero attached hydrogens (tertiary/aromatic N) is 2. The van der Waals surface area contributed by atoms with Crippen LogP contribution in [0.3, 0.4) is 0 Å². The van der Waals surface area contributed by atoms with Gasteiger partial charge >= 0.3 is 0 Å². The second-order valence-electron chi connectivity index (χ2n) is 7.28. The molecule has 1 amide bonds. The number of methoxy groups -OCH3 is 1. The summed E-state index contributed by atoms with van der Waals surface area (Å²) in [5.41, 5.74) is 2.46. The first kappa shape index (κ1) is 21.7. The first-order chi connectivity index (χ1) is 16.2. The van der Waals surface area contributed by atoms with Gasteiger partial charge in [0, 0.05) is 28.4 Å². The van der Waals surface area contributed by atoms with Gasteiger partial charge in [0.2, 0.25) is 0 Å². The number of hydrogen-bond donors (Lipinski definition) is 1. The summed E-state index contributed by atoms with van der Waals surface area (Å²) in [5.74, 6) is 0.919. The molecular formula is C27H23N3O3. The van der Waals surface area contributed by atoms with E-state index in [1.165, 1.54) is 0 Å². The van der Waals surface area contributed by atoms with Crippen LogP contribution in [0.15, 0.2) is 90.6 Å². The normalized spacial score (nSPS) is 11.1. The lowest BCUT2D eigenvalue weighted by Crippen LogP contribution is -2.13.